The molecule has 0 spiro atoms. The molecular weight excluding hydrogens is 404 g/mol. The number of hydrogen-bond acceptors (Lipinski definition) is 5. The third-order valence-corrected chi connectivity index (χ3v) is 5.92. The van der Waals surface area contributed by atoms with Crippen molar-refractivity contribution in [3.05, 3.63) is 70.3 Å². The Morgan fingerprint density at radius 2 is 2.06 bits per heavy atom. The molecule has 3 aromatic rings. The summed E-state index contributed by atoms with van der Waals surface area (Å²) in [6, 6.07) is 12.2. The van der Waals surface area contributed by atoms with Crippen LogP contribution in [0.15, 0.2) is 53.6 Å². The fourth-order valence-corrected chi connectivity index (χ4v) is 4.23. The number of hydrogen-bond donors (Lipinski definition) is 1. The predicted octanol–water partition coefficient (Wildman–Crippen LogP) is 2.51. The molecule has 1 amide bonds. The van der Waals surface area contributed by atoms with Crippen LogP contribution in [0.25, 0.3) is 16.9 Å². The van der Waals surface area contributed by atoms with E-state index in [0.29, 0.717) is 34.0 Å². The molecular formula is C24H26N6O2. The van der Waals surface area contributed by atoms with Crippen LogP contribution in [0.5, 0.6) is 0 Å². The zero-order valence-corrected chi connectivity index (χ0v) is 18.3. The minimum atomic E-state index is -0.250. The van der Waals surface area contributed by atoms with Crippen LogP contribution in [-0.4, -0.2) is 64.2 Å². The van der Waals surface area contributed by atoms with Gasteiger partial charge >= 0.3 is 0 Å². The number of H-pyrrole nitrogens is 1. The standard InChI is InChI=1S/C24H26N6O2/c1-28-11-3-4-18(15-28)16-29(2)23(31)20-9-10-22(26-13-20)30-24(32)21(14-27-30)19-7-5-17(12-25)6-8-19/h5-10,13-14,18,27H,3-4,11,15-16H2,1-2H3. The first-order valence-electron chi connectivity index (χ1n) is 10.7. The van der Waals surface area contributed by atoms with Crippen molar-refractivity contribution in [2.45, 2.75) is 12.8 Å². The molecule has 1 aromatic carbocycles. The molecule has 1 atom stereocenters. The van der Waals surface area contributed by atoms with Gasteiger partial charge in [0.05, 0.1) is 22.8 Å². The number of likely N-dealkylation sites (tertiary alicyclic amines) is 1. The number of nitrogens with one attached hydrogen (secondary N) is 1. The van der Waals surface area contributed by atoms with Crippen molar-refractivity contribution in [2.24, 2.45) is 5.92 Å². The van der Waals surface area contributed by atoms with E-state index < -0.39 is 0 Å². The second-order valence-corrected chi connectivity index (χ2v) is 8.38. The Balaban J connectivity index is 1.47. The Morgan fingerprint density at radius 1 is 1.28 bits per heavy atom. The van der Waals surface area contributed by atoms with Gasteiger partial charge in [0.25, 0.3) is 11.5 Å². The van der Waals surface area contributed by atoms with Crippen LogP contribution in [0.3, 0.4) is 0 Å². The summed E-state index contributed by atoms with van der Waals surface area (Å²) < 4.78 is 1.34. The maximum Gasteiger partial charge on any atom is 0.280 e. The number of amides is 1. The first-order chi connectivity index (χ1) is 15.5. The van der Waals surface area contributed by atoms with E-state index in [2.05, 4.69) is 28.1 Å². The van der Waals surface area contributed by atoms with E-state index in [1.54, 1.807) is 47.5 Å². The van der Waals surface area contributed by atoms with Gasteiger partial charge in [0.1, 0.15) is 0 Å². The summed E-state index contributed by atoms with van der Waals surface area (Å²) in [5.74, 6) is 0.811. The molecule has 1 aliphatic heterocycles. The number of aromatic nitrogens is 3. The molecule has 0 aliphatic carbocycles. The Bertz CT molecular complexity index is 1190. The quantitative estimate of drug-likeness (QED) is 0.671. The molecule has 8 nitrogen and oxygen atoms in total. The summed E-state index contributed by atoms with van der Waals surface area (Å²) in [6.07, 6.45) is 5.42. The highest BCUT2D eigenvalue weighted by atomic mass is 16.2. The molecule has 32 heavy (non-hydrogen) atoms. The lowest BCUT2D eigenvalue weighted by Crippen LogP contribution is -2.40. The van der Waals surface area contributed by atoms with Gasteiger partial charge in [-0.25, -0.2) is 9.67 Å². The molecule has 2 aromatic heterocycles. The van der Waals surface area contributed by atoms with Crippen molar-refractivity contribution < 1.29 is 4.79 Å². The van der Waals surface area contributed by atoms with Gasteiger partial charge in [-0.15, -0.1) is 0 Å². The summed E-state index contributed by atoms with van der Waals surface area (Å²) in [5.41, 5.74) is 1.97. The number of carbonyl (C=O) groups is 1. The average molecular weight is 431 g/mol. The second kappa shape index (κ2) is 9.20. The zero-order chi connectivity index (χ0) is 22.7. The lowest BCUT2D eigenvalue weighted by atomic mass is 9.98. The van der Waals surface area contributed by atoms with Crippen LogP contribution < -0.4 is 5.56 Å². The molecule has 0 bridgehead atoms. The van der Waals surface area contributed by atoms with Crippen molar-refractivity contribution in [2.75, 3.05) is 33.7 Å². The van der Waals surface area contributed by atoms with Crippen molar-refractivity contribution >= 4 is 5.91 Å². The van der Waals surface area contributed by atoms with Crippen LogP contribution in [-0.2, 0) is 0 Å². The van der Waals surface area contributed by atoms with Gasteiger partial charge in [-0.1, -0.05) is 12.1 Å². The minimum absolute atomic E-state index is 0.0746. The van der Waals surface area contributed by atoms with Crippen LogP contribution in [0, 0.1) is 17.2 Å². The highest BCUT2D eigenvalue weighted by Gasteiger charge is 2.22. The molecule has 4 rings (SSSR count). The normalized spacial score (nSPS) is 16.5. The number of piperidine rings is 1. The number of carbonyl (C=O) groups excluding carboxylic acids is 1. The summed E-state index contributed by atoms with van der Waals surface area (Å²) in [7, 11) is 3.94. The number of nitriles is 1. The number of aromatic amines is 1. The lowest BCUT2D eigenvalue weighted by molar-refractivity contribution is 0.0740. The third-order valence-electron chi connectivity index (χ3n) is 5.92. The topological polar surface area (TPSA) is 98.0 Å². The SMILES string of the molecule is CN1CCCC(CN(C)C(=O)c2ccc(-n3[nH]cc(-c4ccc(C#N)cc4)c3=O)nc2)C1. The van der Waals surface area contributed by atoms with E-state index in [1.165, 1.54) is 10.9 Å². The van der Waals surface area contributed by atoms with Crippen LogP contribution in [0.4, 0.5) is 0 Å². The van der Waals surface area contributed by atoms with E-state index >= 15 is 0 Å². The van der Waals surface area contributed by atoms with E-state index in [1.807, 2.05) is 7.05 Å². The van der Waals surface area contributed by atoms with Crippen molar-refractivity contribution in [1.82, 2.24) is 24.6 Å². The zero-order valence-electron chi connectivity index (χ0n) is 18.3. The summed E-state index contributed by atoms with van der Waals surface area (Å²) >= 11 is 0. The van der Waals surface area contributed by atoms with Crippen molar-refractivity contribution in [3.63, 3.8) is 0 Å². The van der Waals surface area contributed by atoms with E-state index in [9.17, 15) is 9.59 Å². The van der Waals surface area contributed by atoms with Gasteiger partial charge in [0.15, 0.2) is 5.82 Å². The first kappa shape index (κ1) is 21.5. The molecule has 1 unspecified atom stereocenters. The number of rotatable bonds is 5. The maximum atomic E-state index is 12.8. The number of benzene rings is 1. The van der Waals surface area contributed by atoms with Crippen molar-refractivity contribution in [1.29, 1.82) is 5.26 Å². The molecule has 0 saturated carbocycles. The predicted molar refractivity (Wildman–Crippen MR) is 122 cm³/mol. The molecule has 0 radical (unpaired) electrons. The molecule has 1 saturated heterocycles. The first-order valence-corrected chi connectivity index (χ1v) is 10.7. The summed E-state index contributed by atoms with van der Waals surface area (Å²) in [4.78, 5) is 34.1. The van der Waals surface area contributed by atoms with Gasteiger partial charge in [-0.05, 0) is 62.2 Å². The molecule has 1 fully saturated rings. The van der Waals surface area contributed by atoms with E-state index in [-0.39, 0.29) is 11.5 Å². The maximum absolute atomic E-state index is 12.8. The Hall–Kier alpha value is -3.70. The largest absolute Gasteiger partial charge is 0.341 e. The fraction of sp³-hybridized carbons (Fsp3) is 0.333. The lowest BCUT2D eigenvalue weighted by Gasteiger charge is -2.32. The molecule has 3 heterocycles. The molecule has 1 aliphatic rings. The monoisotopic (exact) mass is 430 g/mol. The molecule has 164 valence electrons. The Morgan fingerprint density at radius 3 is 2.72 bits per heavy atom. The smallest absolute Gasteiger partial charge is 0.280 e. The summed E-state index contributed by atoms with van der Waals surface area (Å²) in [5, 5.41) is 11.9. The molecule has 8 heteroatoms. The van der Waals surface area contributed by atoms with Gasteiger partial charge in [0.2, 0.25) is 0 Å². The van der Waals surface area contributed by atoms with E-state index in [4.69, 9.17) is 5.26 Å². The second-order valence-electron chi connectivity index (χ2n) is 8.38. The van der Waals surface area contributed by atoms with Crippen LogP contribution in [0.2, 0.25) is 0 Å². The van der Waals surface area contributed by atoms with Gasteiger partial charge in [0, 0.05) is 32.5 Å². The Labute approximate surface area is 186 Å². The number of nitrogens with zero attached hydrogens (tertiary/aromatic N) is 5. The fourth-order valence-electron chi connectivity index (χ4n) is 4.23. The van der Waals surface area contributed by atoms with E-state index in [0.717, 1.165) is 32.5 Å². The highest BCUT2D eigenvalue weighted by Crippen LogP contribution is 2.18. The summed E-state index contributed by atoms with van der Waals surface area (Å²) in [6.45, 7) is 2.84. The highest BCUT2D eigenvalue weighted by molar-refractivity contribution is 5.93. The Kier molecular flexibility index (Phi) is 6.19. The minimum Gasteiger partial charge on any atom is -0.341 e. The van der Waals surface area contributed by atoms with Crippen LogP contribution >= 0.6 is 0 Å². The van der Waals surface area contributed by atoms with Gasteiger partial charge < -0.3 is 9.80 Å². The molecule has 1 N–H and O–H groups in total. The average Bonchev–Trinajstić information content (AvgIpc) is 3.20. The number of pyridine rings is 1. The third kappa shape index (κ3) is 4.48. The van der Waals surface area contributed by atoms with Crippen LogP contribution in [0.1, 0.15) is 28.8 Å². The van der Waals surface area contributed by atoms with Gasteiger partial charge in [-0.3, -0.25) is 14.7 Å². The van der Waals surface area contributed by atoms with Crippen molar-refractivity contribution in [3.8, 4) is 23.0 Å². The van der Waals surface area contributed by atoms with Gasteiger partial charge in [-0.2, -0.15) is 5.26 Å².